The predicted molar refractivity (Wildman–Crippen MR) is 48.4 cm³/mol. The van der Waals surface area contributed by atoms with E-state index in [1.165, 1.54) is 6.07 Å². The zero-order chi connectivity index (χ0) is 9.84. The molecule has 0 amide bonds. The highest BCUT2D eigenvalue weighted by atomic mass is 79.9. The van der Waals surface area contributed by atoms with Crippen molar-refractivity contribution in [2.24, 2.45) is 0 Å². The molecule has 0 heterocycles. The zero-order valence-electron chi connectivity index (χ0n) is 6.69. The fourth-order valence-corrected chi connectivity index (χ4v) is 1.46. The first-order valence-corrected chi connectivity index (χ1v) is 4.51. The average Bonchev–Trinajstić information content (AvgIpc) is 2.10. The second-order valence-corrected chi connectivity index (χ2v) is 3.43. The van der Waals surface area contributed by atoms with Gasteiger partial charge in [0.15, 0.2) is 11.6 Å². The van der Waals surface area contributed by atoms with Crippen LogP contribution in [0.2, 0.25) is 0 Å². The molecule has 4 heteroatoms. The van der Waals surface area contributed by atoms with Crippen LogP contribution in [0.1, 0.15) is 12.0 Å². The molecule has 1 nitrogen and oxygen atoms in total. The molecule has 0 bridgehead atoms. The highest BCUT2D eigenvalue weighted by Crippen LogP contribution is 2.20. The molecule has 0 aliphatic carbocycles. The van der Waals surface area contributed by atoms with Crippen molar-refractivity contribution < 1.29 is 13.6 Å². The van der Waals surface area contributed by atoms with Gasteiger partial charge in [-0.1, -0.05) is 0 Å². The van der Waals surface area contributed by atoms with Crippen LogP contribution in [-0.4, -0.2) is 6.29 Å². The smallest absolute Gasteiger partial charge is 0.172 e. The number of rotatable bonds is 3. The Morgan fingerprint density at radius 2 is 2.08 bits per heavy atom. The third-order valence-corrected chi connectivity index (χ3v) is 2.17. The van der Waals surface area contributed by atoms with Crippen LogP contribution in [-0.2, 0) is 11.2 Å². The summed E-state index contributed by atoms with van der Waals surface area (Å²) in [7, 11) is 0. The number of halogens is 3. The SMILES string of the molecule is O=CCCc1cc(F)c(F)c(Br)c1. The Balaban J connectivity index is 2.92. The molecule has 0 aliphatic heterocycles. The van der Waals surface area contributed by atoms with E-state index in [1.807, 2.05) is 0 Å². The van der Waals surface area contributed by atoms with Gasteiger partial charge >= 0.3 is 0 Å². The van der Waals surface area contributed by atoms with Crippen molar-refractivity contribution in [2.45, 2.75) is 12.8 Å². The van der Waals surface area contributed by atoms with Gasteiger partial charge in [-0.05, 0) is 40.0 Å². The van der Waals surface area contributed by atoms with Crippen LogP contribution in [0.15, 0.2) is 16.6 Å². The molecule has 1 aromatic carbocycles. The number of aryl methyl sites for hydroxylation is 1. The van der Waals surface area contributed by atoms with Crippen LogP contribution in [0.5, 0.6) is 0 Å². The molecule has 0 aliphatic rings. The Kier molecular flexibility index (Phi) is 3.54. The van der Waals surface area contributed by atoms with Gasteiger partial charge in [0.05, 0.1) is 4.47 Å². The van der Waals surface area contributed by atoms with Crippen LogP contribution >= 0.6 is 15.9 Å². The highest BCUT2D eigenvalue weighted by molar-refractivity contribution is 9.10. The molecule has 1 aromatic rings. The second kappa shape index (κ2) is 4.46. The number of aldehydes is 1. The molecule has 0 radical (unpaired) electrons. The van der Waals surface area contributed by atoms with E-state index in [1.54, 1.807) is 0 Å². The van der Waals surface area contributed by atoms with Crippen LogP contribution in [0.25, 0.3) is 0 Å². The maximum Gasteiger partial charge on any atom is 0.172 e. The van der Waals surface area contributed by atoms with Gasteiger partial charge in [-0.15, -0.1) is 0 Å². The van der Waals surface area contributed by atoms with Gasteiger partial charge in [0.1, 0.15) is 6.29 Å². The van der Waals surface area contributed by atoms with E-state index in [0.717, 1.165) is 12.4 Å². The van der Waals surface area contributed by atoms with Crippen molar-refractivity contribution in [3.05, 3.63) is 33.8 Å². The van der Waals surface area contributed by atoms with Gasteiger partial charge < -0.3 is 4.79 Å². The number of carbonyl (C=O) groups excluding carboxylic acids is 1. The molecule has 0 atom stereocenters. The van der Waals surface area contributed by atoms with Gasteiger partial charge in [0.2, 0.25) is 0 Å². The fourth-order valence-electron chi connectivity index (χ4n) is 0.978. The van der Waals surface area contributed by atoms with Crippen molar-refractivity contribution in [3.8, 4) is 0 Å². The fraction of sp³-hybridized carbons (Fsp3) is 0.222. The Morgan fingerprint density at radius 1 is 1.38 bits per heavy atom. The largest absolute Gasteiger partial charge is 0.303 e. The molecule has 0 fully saturated rings. The van der Waals surface area contributed by atoms with Crippen LogP contribution in [0.4, 0.5) is 8.78 Å². The minimum Gasteiger partial charge on any atom is -0.303 e. The monoisotopic (exact) mass is 248 g/mol. The summed E-state index contributed by atoms with van der Waals surface area (Å²) in [5.41, 5.74) is 0.609. The molecule has 0 saturated heterocycles. The van der Waals surface area contributed by atoms with Gasteiger partial charge in [-0.3, -0.25) is 0 Å². The van der Waals surface area contributed by atoms with E-state index in [-0.39, 0.29) is 4.47 Å². The first-order valence-electron chi connectivity index (χ1n) is 3.72. The van der Waals surface area contributed by atoms with Gasteiger partial charge in [0, 0.05) is 6.42 Å². The van der Waals surface area contributed by atoms with Crippen molar-refractivity contribution in [1.82, 2.24) is 0 Å². The van der Waals surface area contributed by atoms with E-state index in [0.29, 0.717) is 18.4 Å². The molecule has 13 heavy (non-hydrogen) atoms. The summed E-state index contributed by atoms with van der Waals surface area (Å²) in [4.78, 5) is 10.0. The second-order valence-electron chi connectivity index (χ2n) is 2.58. The molecular weight excluding hydrogens is 242 g/mol. The maximum atomic E-state index is 12.8. The first-order chi connectivity index (χ1) is 6.15. The molecule has 70 valence electrons. The van der Waals surface area contributed by atoms with Crippen LogP contribution < -0.4 is 0 Å². The van der Waals surface area contributed by atoms with E-state index >= 15 is 0 Å². The molecule has 0 N–H and O–H groups in total. The first kappa shape index (κ1) is 10.3. The van der Waals surface area contributed by atoms with Crippen molar-refractivity contribution >= 4 is 22.2 Å². The van der Waals surface area contributed by atoms with Gasteiger partial charge in [-0.2, -0.15) is 0 Å². The Bertz CT molecular complexity index is 302. The topological polar surface area (TPSA) is 17.1 Å². The van der Waals surface area contributed by atoms with Gasteiger partial charge in [-0.25, -0.2) is 8.78 Å². The lowest BCUT2D eigenvalue weighted by molar-refractivity contribution is -0.107. The summed E-state index contributed by atoms with van der Waals surface area (Å²) >= 11 is 2.89. The number of carbonyl (C=O) groups is 1. The third-order valence-electron chi connectivity index (χ3n) is 1.59. The van der Waals surface area contributed by atoms with E-state index in [9.17, 15) is 13.6 Å². The standard InChI is InChI=1S/C9H7BrF2O/c10-7-4-6(2-1-3-13)5-8(11)9(7)12/h3-5H,1-2H2. The average molecular weight is 249 g/mol. The lowest BCUT2D eigenvalue weighted by atomic mass is 10.1. The Hall–Kier alpha value is -0.770. The molecule has 0 aromatic heterocycles. The lowest BCUT2D eigenvalue weighted by Gasteiger charge is -2.01. The quantitative estimate of drug-likeness (QED) is 0.594. The number of hydrogen-bond donors (Lipinski definition) is 0. The molecule has 0 spiro atoms. The highest BCUT2D eigenvalue weighted by Gasteiger charge is 2.07. The van der Waals surface area contributed by atoms with Crippen molar-refractivity contribution in [3.63, 3.8) is 0 Å². The maximum absolute atomic E-state index is 12.8. The van der Waals surface area contributed by atoms with Crippen LogP contribution in [0.3, 0.4) is 0 Å². The summed E-state index contributed by atoms with van der Waals surface area (Å²) in [6.45, 7) is 0. The molecule has 1 rings (SSSR count). The number of benzene rings is 1. The minimum atomic E-state index is -0.894. The van der Waals surface area contributed by atoms with Crippen molar-refractivity contribution in [2.75, 3.05) is 0 Å². The summed E-state index contributed by atoms with van der Waals surface area (Å²) in [5.74, 6) is -1.79. The Morgan fingerprint density at radius 3 is 2.62 bits per heavy atom. The Labute approximate surface area is 82.9 Å². The number of hydrogen-bond acceptors (Lipinski definition) is 1. The molecular formula is C9H7BrF2O. The van der Waals surface area contributed by atoms with Crippen LogP contribution in [0, 0.1) is 11.6 Å². The lowest BCUT2D eigenvalue weighted by Crippen LogP contribution is -1.92. The van der Waals surface area contributed by atoms with E-state index < -0.39 is 11.6 Å². The van der Waals surface area contributed by atoms with E-state index in [2.05, 4.69) is 15.9 Å². The summed E-state index contributed by atoms with van der Waals surface area (Å²) in [6.07, 6.45) is 1.49. The minimum absolute atomic E-state index is 0.0911. The molecule has 0 saturated carbocycles. The third kappa shape index (κ3) is 2.59. The van der Waals surface area contributed by atoms with Crippen molar-refractivity contribution in [1.29, 1.82) is 0 Å². The molecule has 0 unspecified atom stereocenters. The normalized spacial score (nSPS) is 10.1. The summed E-state index contributed by atoms with van der Waals surface area (Å²) in [5, 5.41) is 0. The summed E-state index contributed by atoms with van der Waals surface area (Å²) < 4.78 is 25.6. The zero-order valence-corrected chi connectivity index (χ0v) is 8.27. The van der Waals surface area contributed by atoms with Gasteiger partial charge in [0.25, 0.3) is 0 Å². The predicted octanol–water partition coefficient (Wildman–Crippen LogP) is 2.86. The summed E-state index contributed by atoms with van der Waals surface area (Å²) in [6, 6.07) is 2.57. The van der Waals surface area contributed by atoms with E-state index in [4.69, 9.17) is 0 Å².